The van der Waals surface area contributed by atoms with E-state index in [9.17, 15) is 4.79 Å². The average molecular weight is 293 g/mol. The van der Waals surface area contributed by atoms with Crippen molar-refractivity contribution in [3.8, 4) is 0 Å². The van der Waals surface area contributed by atoms with Crippen LogP contribution in [0.1, 0.15) is 45.0 Å². The van der Waals surface area contributed by atoms with Gasteiger partial charge in [-0.25, -0.2) is 4.79 Å². The third kappa shape index (κ3) is 5.90. The number of aromatic nitrogens is 2. The Labute approximate surface area is 106 Å². The maximum atomic E-state index is 11.2. The van der Waals surface area contributed by atoms with Crippen LogP contribution in [0.5, 0.6) is 0 Å². The lowest BCUT2D eigenvalue weighted by molar-refractivity contribution is 0.0525. The number of hydrogen-bond donors (Lipinski definition) is 0. The molecule has 16 heavy (non-hydrogen) atoms. The zero-order valence-electron chi connectivity index (χ0n) is 10.9. The minimum atomic E-state index is -0.350. The number of rotatable bonds is 2. The molecule has 0 aliphatic heterocycles. The Balaban J connectivity index is 0. The highest BCUT2D eigenvalue weighted by atomic mass is 79.9. The highest BCUT2D eigenvalue weighted by Gasteiger charge is 2.13. The molecule has 1 heterocycles. The fourth-order valence-corrected chi connectivity index (χ4v) is 1.32. The summed E-state index contributed by atoms with van der Waals surface area (Å²) in [4.78, 5) is 11.2. The predicted molar refractivity (Wildman–Crippen MR) is 69.6 cm³/mol. The smallest absolute Gasteiger partial charge is 0.342 e. The molecule has 0 saturated heterocycles. The predicted octanol–water partition coefficient (Wildman–Crippen LogP) is 3.41. The van der Waals surface area contributed by atoms with Crippen LogP contribution in [0.25, 0.3) is 0 Å². The monoisotopic (exact) mass is 292 g/mol. The maximum absolute atomic E-state index is 11.2. The molecule has 0 aliphatic carbocycles. The molecule has 0 aliphatic rings. The van der Waals surface area contributed by atoms with Crippen molar-refractivity contribution in [1.82, 2.24) is 9.78 Å². The zero-order valence-corrected chi connectivity index (χ0v) is 12.5. The Morgan fingerprint density at radius 1 is 1.44 bits per heavy atom. The van der Waals surface area contributed by atoms with Crippen LogP contribution in [0.3, 0.4) is 0 Å². The first-order valence-electron chi connectivity index (χ1n) is 5.51. The van der Waals surface area contributed by atoms with Crippen LogP contribution >= 0.6 is 15.9 Å². The summed E-state index contributed by atoms with van der Waals surface area (Å²) in [6.07, 6.45) is 1.61. The number of hydrogen-bond acceptors (Lipinski definition) is 3. The van der Waals surface area contributed by atoms with Crippen molar-refractivity contribution in [3.63, 3.8) is 0 Å². The van der Waals surface area contributed by atoms with E-state index in [4.69, 9.17) is 4.74 Å². The molecule has 1 aromatic heterocycles. The molecule has 0 N–H and O–H groups in total. The van der Waals surface area contributed by atoms with Gasteiger partial charge in [0.25, 0.3) is 0 Å². The molecule has 1 aromatic rings. The second-order valence-corrected chi connectivity index (χ2v) is 2.98. The van der Waals surface area contributed by atoms with Gasteiger partial charge in [0.2, 0.25) is 0 Å². The Hall–Kier alpha value is -0.840. The first-order valence-corrected chi connectivity index (χ1v) is 6.30. The SMILES string of the molecule is CC.CC.CCOC(=O)c1cn(C)nc1Br. The molecule has 4 nitrogen and oxygen atoms in total. The maximum Gasteiger partial charge on any atom is 0.342 e. The minimum absolute atomic E-state index is 0.350. The van der Waals surface area contributed by atoms with Crippen LogP contribution in [0.2, 0.25) is 0 Å². The third-order valence-corrected chi connectivity index (χ3v) is 1.86. The van der Waals surface area contributed by atoms with E-state index in [1.54, 1.807) is 24.9 Å². The molecular weight excluding hydrogens is 272 g/mol. The summed E-state index contributed by atoms with van der Waals surface area (Å²) in [6, 6.07) is 0. The first-order chi connectivity index (χ1) is 7.65. The van der Waals surface area contributed by atoms with Crippen LogP contribution < -0.4 is 0 Å². The minimum Gasteiger partial charge on any atom is -0.462 e. The summed E-state index contributed by atoms with van der Waals surface area (Å²) in [6.45, 7) is 10.1. The number of ether oxygens (including phenoxy) is 1. The van der Waals surface area contributed by atoms with Gasteiger partial charge in [0, 0.05) is 13.2 Å². The first kappa shape index (κ1) is 17.6. The fourth-order valence-electron chi connectivity index (χ4n) is 0.807. The number of aryl methyl sites for hydroxylation is 1. The topological polar surface area (TPSA) is 44.1 Å². The number of carbonyl (C=O) groups excluding carboxylic acids is 1. The molecule has 0 aromatic carbocycles. The van der Waals surface area contributed by atoms with Gasteiger partial charge < -0.3 is 4.74 Å². The highest BCUT2D eigenvalue weighted by Crippen LogP contribution is 2.14. The van der Waals surface area contributed by atoms with Gasteiger partial charge >= 0.3 is 5.97 Å². The van der Waals surface area contributed by atoms with Gasteiger partial charge in [0.1, 0.15) is 10.2 Å². The molecule has 0 radical (unpaired) electrons. The molecular formula is C11H21BrN2O2. The summed E-state index contributed by atoms with van der Waals surface area (Å²) in [5, 5.41) is 3.95. The van der Waals surface area contributed by atoms with E-state index in [-0.39, 0.29) is 5.97 Å². The van der Waals surface area contributed by atoms with E-state index in [0.29, 0.717) is 16.8 Å². The van der Waals surface area contributed by atoms with Gasteiger partial charge in [-0.1, -0.05) is 27.7 Å². The van der Waals surface area contributed by atoms with Gasteiger partial charge in [-0.15, -0.1) is 0 Å². The van der Waals surface area contributed by atoms with Gasteiger partial charge in [-0.3, -0.25) is 4.68 Å². The van der Waals surface area contributed by atoms with Crippen LogP contribution in [0, 0.1) is 0 Å². The van der Waals surface area contributed by atoms with Crippen LogP contribution in [-0.4, -0.2) is 22.4 Å². The summed E-state index contributed by atoms with van der Waals surface area (Å²) in [5.41, 5.74) is 0.458. The van der Waals surface area contributed by atoms with Gasteiger partial charge in [-0.05, 0) is 22.9 Å². The summed E-state index contributed by atoms with van der Waals surface area (Å²) in [7, 11) is 1.74. The van der Waals surface area contributed by atoms with Gasteiger partial charge in [0.05, 0.1) is 6.61 Å². The van der Waals surface area contributed by atoms with E-state index in [0.717, 1.165) is 0 Å². The van der Waals surface area contributed by atoms with Crippen molar-refractivity contribution in [2.75, 3.05) is 6.61 Å². The van der Waals surface area contributed by atoms with E-state index >= 15 is 0 Å². The second-order valence-electron chi connectivity index (χ2n) is 2.23. The molecule has 0 atom stereocenters. The van der Waals surface area contributed by atoms with Gasteiger partial charge in [0.15, 0.2) is 0 Å². The Kier molecular flexibility index (Phi) is 11.7. The number of esters is 1. The van der Waals surface area contributed by atoms with E-state index < -0.39 is 0 Å². The molecule has 0 fully saturated rings. The van der Waals surface area contributed by atoms with Crippen LogP contribution in [-0.2, 0) is 11.8 Å². The standard InChI is InChI=1S/C7H9BrN2O2.2C2H6/c1-3-12-7(11)5-4-10(2)9-6(5)8;2*1-2/h4H,3H2,1-2H3;2*1-2H3. The molecule has 0 spiro atoms. The average Bonchev–Trinajstić information content (AvgIpc) is 2.64. The molecule has 0 unspecified atom stereocenters. The molecule has 0 saturated carbocycles. The van der Waals surface area contributed by atoms with Gasteiger partial charge in [-0.2, -0.15) is 5.10 Å². The summed E-state index contributed by atoms with van der Waals surface area (Å²) < 4.78 is 6.87. The van der Waals surface area contributed by atoms with E-state index in [1.165, 1.54) is 0 Å². The Bertz CT molecular complexity index is 298. The van der Waals surface area contributed by atoms with Crippen molar-refractivity contribution >= 4 is 21.9 Å². The number of carbonyl (C=O) groups is 1. The molecule has 94 valence electrons. The molecule has 1 rings (SSSR count). The van der Waals surface area contributed by atoms with Crippen LogP contribution in [0.15, 0.2) is 10.8 Å². The quantitative estimate of drug-likeness (QED) is 0.785. The van der Waals surface area contributed by atoms with Crippen molar-refractivity contribution in [3.05, 3.63) is 16.4 Å². The Morgan fingerprint density at radius 2 is 1.94 bits per heavy atom. The largest absolute Gasteiger partial charge is 0.462 e. The van der Waals surface area contributed by atoms with E-state index in [1.807, 2.05) is 27.7 Å². The molecule has 0 amide bonds. The normalized spacial score (nSPS) is 8.19. The summed E-state index contributed by atoms with van der Waals surface area (Å²) in [5.74, 6) is -0.350. The van der Waals surface area contributed by atoms with Crippen molar-refractivity contribution < 1.29 is 9.53 Å². The third-order valence-electron chi connectivity index (χ3n) is 1.28. The van der Waals surface area contributed by atoms with Crippen molar-refractivity contribution in [2.24, 2.45) is 7.05 Å². The lowest BCUT2D eigenvalue weighted by atomic mass is 10.4. The van der Waals surface area contributed by atoms with Crippen molar-refractivity contribution in [2.45, 2.75) is 34.6 Å². The van der Waals surface area contributed by atoms with Crippen LogP contribution in [0.4, 0.5) is 0 Å². The fraction of sp³-hybridized carbons (Fsp3) is 0.636. The Morgan fingerprint density at radius 3 is 2.25 bits per heavy atom. The second kappa shape index (κ2) is 10.7. The lowest BCUT2D eigenvalue weighted by Crippen LogP contribution is -2.03. The zero-order chi connectivity index (χ0) is 13.1. The highest BCUT2D eigenvalue weighted by molar-refractivity contribution is 9.10. The number of halogens is 1. The number of nitrogens with zero attached hydrogens (tertiary/aromatic N) is 2. The molecule has 0 bridgehead atoms. The lowest BCUT2D eigenvalue weighted by Gasteiger charge is -1.97. The summed E-state index contributed by atoms with van der Waals surface area (Å²) >= 11 is 3.15. The van der Waals surface area contributed by atoms with Crippen molar-refractivity contribution in [1.29, 1.82) is 0 Å². The molecule has 5 heteroatoms. The van der Waals surface area contributed by atoms with E-state index in [2.05, 4.69) is 21.0 Å².